The first kappa shape index (κ1) is 28.5. The van der Waals surface area contributed by atoms with Gasteiger partial charge >= 0.3 is 5.97 Å². The van der Waals surface area contributed by atoms with Crippen LogP contribution in [0.2, 0.25) is 10.0 Å². The highest BCUT2D eigenvalue weighted by Crippen LogP contribution is 2.45. The molecule has 8 heteroatoms. The van der Waals surface area contributed by atoms with Gasteiger partial charge in [-0.3, -0.25) is 9.59 Å². The summed E-state index contributed by atoms with van der Waals surface area (Å²) in [5.74, 6) is -0.388. The zero-order valence-corrected chi connectivity index (χ0v) is 23.5. The van der Waals surface area contributed by atoms with E-state index in [0.717, 1.165) is 52.6 Å². The number of benzene rings is 3. The van der Waals surface area contributed by atoms with Crippen molar-refractivity contribution < 1.29 is 19.4 Å². The van der Waals surface area contributed by atoms with Gasteiger partial charge < -0.3 is 20.1 Å². The molecule has 4 rings (SSSR count). The highest BCUT2D eigenvalue weighted by Gasteiger charge is 2.29. The van der Waals surface area contributed by atoms with Crippen LogP contribution < -0.4 is 10.1 Å². The van der Waals surface area contributed by atoms with Gasteiger partial charge in [-0.15, -0.1) is 0 Å². The van der Waals surface area contributed by atoms with Gasteiger partial charge in [0.25, 0.3) is 5.91 Å². The second-order valence-electron chi connectivity index (χ2n) is 9.58. The standard InChI is InChI=1S/C31H32Cl2N2O4/c1-3-4-5-24(19-6-8-21(9-7-19)31(38)34-15-14-28(36)37)29(20-10-12-23(39-2)13-11-20)26-18-35-30-25(26)16-22(32)17-27(30)33/h6-13,16-18,24,29,35H,3-5,14-15H2,1-2H3,(H,34,38)(H,36,37). The number of carbonyl (C=O) groups excluding carboxylic acids is 1. The summed E-state index contributed by atoms with van der Waals surface area (Å²) in [5, 5.41) is 13.6. The minimum atomic E-state index is -0.950. The van der Waals surface area contributed by atoms with Crippen LogP contribution in [0.4, 0.5) is 0 Å². The van der Waals surface area contributed by atoms with E-state index in [2.05, 4.69) is 29.4 Å². The molecule has 0 fully saturated rings. The molecule has 0 aliphatic heterocycles. The molecule has 0 spiro atoms. The SMILES string of the molecule is CCCCC(c1ccc(C(=O)NCCC(=O)O)cc1)C(c1ccc(OC)cc1)c1c[nH]c2c(Cl)cc(Cl)cc12. The molecule has 2 unspecified atom stereocenters. The van der Waals surface area contributed by atoms with Crippen LogP contribution in [0.3, 0.4) is 0 Å². The van der Waals surface area contributed by atoms with Gasteiger partial charge in [-0.05, 0) is 65.4 Å². The number of H-pyrrole nitrogens is 1. The summed E-state index contributed by atoms with van der Waals surface area (Å²) in [5.41, 5.74) is 4.66. The van der Waals surface area contributed by atoms with Crippen molar-refractivity contribution in [1.29, 1.82) is 0 Å². The number of ether oxygens (including phenoxy) is 1. The van der Waals surface area contributed by atoms with Gasteiger partial charge in [0.1, 0.15) is 5.75 Å². The Morgan fingerprint density at radius 2 is 1.72 bits per heavy atom. The van der Waals surface area contributed by atoms with Crippen molar-refractivity contribution in [3.8, 4) is 5.75 Å². The second kappa shape index (κ2) is 13.0. The maximum absolute atomic E-state index is 12.5. The van der Waals surface area contributed by atoms with E-state index >= 15 is 0 Å². The molecule has 204 valence electrons. The summed E-state index contributed by atoms with van der Waals surface area (Å²) >= 11 is 13.0. The normalized spacial score (nSPS) is 12.7. The van der Waals surface area contributed by atoms with E-state index < -0.39 is 5.97 Å². The Balaban J connectivity index is 1.78. The molecular formula is C31H32Cl2N2O4. The number of aromatic amines is 1. The summed E-state index contributed by atoms with van der Waals surface area (Å²) in [4.78, 5) is 26.7. The topological polar surface area (TPSA) is 91.4 Å². The lowest BCUT2D eigenvalue weighted by molar-refractivity contribution is -0.136. The van der Waals surface area contributed by atoms with Gasteiger partial charge in [-0.2, -0.15) is 0 Å². The largest absolute Gasteiger partial charge is 0.497 e. The Morgan fingerprint density at radius 1 is 1.03 bits per heavy atom. The molecule has 3 N–H and O–H groups in total. The van der Waals surface area contributed by atoms with Crippen molar-refractivity contribution in [3.05, 3.63) is 99.2 Å². The number of unbranched alkanes of at least 4 members (excludes halogenated alkanes) is 1. The molecule has 1 amide bonds. The summed E-state index contributed by atoms with van der Waals surface area (Å²) < 4.78 is 5.42. The molecule has 4 aromatic rings. The molecule has 3 aromatic carbocycles. The monoisotopic (exact) mass is 566 g/mol. The molecule has 2 atom stereocenters. The zero-order valence-electron chi connectivity index (χ0n) is 22.0. The Morgan fingerprint density at radius 3 is 2.36 bits per heavy atom. The number of amides is 1. The molecule has 0 aliphatic carbocycles. The van der Waals surface area contributed by atoms with Crippen LogP contribution in [0.25, 0.3) is 10.9 Å². The summed E-state index contributed by atoms with van der Waals surface area (Å²) in [6.45, 7) is 2.26. The number of fused-ring (bicyclic) bond motifs is 1. The van der Waals surface area contributed by atoms with Crippen LogP contribution in [-0.4, -0.2) is 35.6 Å². The van der Waals surface area contributed by atoms with Crippen LogP contribution in [0.1, 0.15) is 71.5 Å². The minimum absolute atomic E-state index is 0.0269. The van der Waals surface area contributed by atoms with Crippen LogP contribution >= 0.6 is 23.2 Å². The molecule has 1 aromatic heterocycles. The van der Waals surface area contributed by atoms with Crippen molar-refractivity contribution >= 4 is 46.0 Å². The van der Waals surface area contributed by atoms with Crippen molar-refractivity contribution in [1.82, 2.24) is 10.3 Å². The van der Waals surface area contributed by atoms with E-state index in [9.17, 15) is 9.59 Å². The highest BCUT2D eigenvalue weighted by atomic mass is 35.5. The van der Waals surface area contributed by atoms with E-state index in [4.69, 9.17) is 33.0 Å². The molecular weight excluding hydrogens is 535 g/mol. The number of aliphatic carboxylic acids is 1. The van der Waals surface area contributed by atoms with Crippen LogP contribution in [-0.2, 0) is 4.79 Å². The fraction of sp³-hybridized carbons (Fsp3) is 0.290. The van der Waals surface area contributed by atoms with E-state index in [1.807, 2.05) is 36.5 Å². The van der Waals surface area contributed by atoms with Crippen molar-refractivity contribution in [2.24, 2.45) is 0 Å². The molecule has 39 heavy (non-hydrogen) atoms. The molecule has 0 bridgehead atoms. The second-order valence-corrected chi connectivity index (χ2v) is 10.4. The Hall–Kier alpha value is -3.48. The van der Waals surface area contributed by atoms with Gasteiger partial charge in [-0.1, -0.05) is 67.2 Å². The maximum atomic E-state index is 12.5. The molecule has 0 saturated carbocycles. The van der Waals surface area contributed by atoms with E-state index in [-0.39, 0.29) is 30.7 Å². The smallest absolute Gasteiger partial charge is 0.305 e. The molecule has 0 aliphatic rings. The first-order valence-corrected chi connectivity index (χ1v) is 13.8. The lowest BCUT2D eigenvalue weighted by atomic mass is 9.74. The van der Waals surface area contributed by atoms with E-state index in [0.29, 0.717) is 15.6 Å². The summed E-state index contributed by atoms with van der Waals surface area (Å²) in [6, 6.07) is 19.4. The van der Waals surface area contributed by atoms with Crippen LogP contribution in [0.5, 0.6) is 5.75 Å². The van der Waals surface area contributed by atoms with Gasteiger partial charge in [0, 0.05) is 34.6 Å². The average molecular weight is 568 g/mol. The first-order chi connectivity index (χ1) is 18.8. The number of hydrogen-bond donors (Lipinski definition) is 3. The lowest BCUT2D eigenvalue weighted by Gasteiger charge is -2.29. The third-order valence-electron chi connectivity index (χ3n) is 7.04. The van der Waals surface area contributed by atoms with Crippen molar-refractivity contribution in [3.63, 3.8) is 0 Å². The fourth-order valence-electron chi connectivity index (χ4n) is 5.09. The van der Waals surface area contributed by atoms with Crippen molar-refractivity contribution in [2.45, 2.75) is 44.4 Å². The highest BCUT2D eigenvalue weighted by molar-refractivity contribution is 6.38. The predicted molar refractivity (Wildman–Crippen MR) is 156 cm³/mol. The number of methoxy groups -OCH3 is 1. The predicted octanol–water partition coefficient (Wildman–Crippen LogP) is 7.79. The number of nitrogens with one attached hydrogen (secondary N) is 2. The molecule has 0 saturated heterocycles. The maximum Gasteiger partial charge on any atom is 0.305 e. The van der Waals surface area contributed by atoms with E-state index in [1.54, 1.807) is 25.3 Å². The number of carbonyl (C=O) groups is 2. The number of carboxylic acid groups (broad SMARTS) is 1. The molecule has 1 heterocycles. The molecule has 6 nitrogen and oxygen atoms in total. The third kappa shape index (κ3) is 6.75. The van der Waals surface area contributed by atoms with Crippen molar-refractivity contribution in [2.75, 3.05) is 13.7 Å². The average Bonchev–Trinajstić information content (AvgIpc) is 3.34. The van der Waals surface area contributed by atoms with Gasteiger partial charge in [-0.25, -0.2) is 0 Å². The number of aromatic nitrogens is 1. The zero-order chi connectivity index (χ0) is 27.9. The minimum Gasteiger partial charge on any atom is -0.497 e. The number of hydrogen-bond acceptors (Lipinski definition) is 3. The lowest BCUT2D eigenvalue weighted by Crippen LogP contribution is -2.26. The Bertz CT molecular complexity index is 1430. The third-order valence-corrected chi connectivity index (χ3v) is 7.56. The van der Waals surface area contributed by atoms with Gasteiger partial charge in [0.05, 0.1) is 24.1 Å². The number of carboxylic acids is 1. The van der Waals surface area contributed by atoms with Crippen LogP contribution in [0.15, 0.2) is 66.9 Å². The van der Waals surface area contributed by atoms with Crippen LogP contribution in [0, 0.1) is 0 Å². The van der Waals surface area contributed by atoms with Gasteiger partial charge in [0.15, 0.2) is 0 Å². The van der Waals surface area contributed by atoms with Gasteiger partial charge in [0.2, 0.25) is 0 Å². The quantitative estimate of drug-likeness (QED) is 0.163. The Kier molecular flexibility index (Phi) is 9.54. The number of rotatable bonds is 12. The summed E-state index contributed by atoms with van der Waals surface area (Å²) in [7, 11) is 1.65. The summed E-state index contributed by atoms with van der Waals surface area (Å²) in [6.07, 6.45) is 4.90. The molecule has 0 radical (unpaired) electrons. The van der Waals surface area contributed by atoms with E-state index in [1.165, 1.54) is 0 Å². The Labute approximate surface area is 238 Å². The first-order valence-electron chi connectivity index (χ1n) is 13.0. The fourth-order valence-corrected chi connectivity index (χ4v) is 5.64. The number of halogens is 2.